The molecule has 0 saturated heterocycles. The van der Waals surface area contributed by atoms with Crippen molar-refractivity contribution in [3.05, 3.63) is 42.5 Å². The zero-order chi connectivity index (χ0) is 13.6. The van der Waals surface area contributed by atoms with Crippen LogP contribution in [0.3, 0.4) is 0 Å². The molecular formula is C15H16NOPS. The normalized spacial score (nSPS) is 21.0. The van der Waals surface area contributed by atoms with E-state index in [1.54, 1.807) is 11.8 Å². The van der Waals surface area contributed by atoms with Crippen LogP contribution in [-0.4, -0.2) is 5.66 Å². The Hall–Kier alpha value is -1.18. The van der Waals surface area contributed by atoms with E-state index in [-0.39, 0.29) is 5.66 Å². The predicted octanol–water partition coefficient (Wildman–Crippen LogP) is 3.46. The molecule has 2 nitrogen and oxygen atoms in total. The van der Waals surface area contributed by atoms with Crippen LogP contribution < -0.4 is 16.3 Å². The quantitative estimate of drug-likeness (QED) is 0.646. The van der Waals surface area contributed by atoms with Crippen molar-refractivity contribution in [2.75, 3.05) is 5.73 Å². The summed E-state index contributed by atoms with van der Waals surface area (Å²) in [6.07, 6.45) is 0. The standard InChI is InChI=1S/C15H16NOPS/c1-10(2)18(17)12-7-3-4-8-13(12)19-14-9-5-6-11(16)15(14)18/h3-10H,16H2,1-2H3. The van der Waals surface area contributed by atoms with Gasteiger partial charge >= 0.3 is 0 Å². The van der Waals surface area contributed by atoms with Crippen LogP contribution in [0.25, 0.3) is 0 Å². The van der Waals surface area contributed by atoms with Crippen molar-refractivity contribution in [1.82, 2.24) is 0 Å². The van der Waals surface area contributed by atoms with E-state index >= 15 is 0 Å². The van der Waals surface area contributed by atoms with Crippen molar-refractivity contribution in [2.45, 2.75) is 29.3 Å². The Balaban J connectivity index is 2.39. The molecule has 19 heavy (non-hydrogen) atoms. The lowest BCUT2D eigenvalue weighted by atomic mass is 10.3. The molecule has 0 spiro atoms. The molecule has 1 aliphatic rings. The average molecular weight is 289 g/mol. The Kier molecular flexibility index (Phi) is 2.99. The minimum Gasteiger partial charge on any atom is -0.398 e. The second-order valence-electron chi connectivity index (χ2n) is 5.02. The number of hydrogen-bond donors (Lipinski definition) is 1. The average Bonchev–Trinajstić information content (AvgIpc) is 2.38. The summed E-state index contributed by atoms with van der Waals surface area (Å²) in [4.78, 5) is 2.13. The van der Waals surface area contributed by atoms with Crippen LogP contribution in [0, 0.1) is 0 Å². The summed E-state index contributed by atoms with van der Waals surface area (Å²) in [7, 11) is -2.65. The van der Waals surface area contributed by atoms with E-state index < -0.39 is 7.14 Å². The fraction of sp³-hybridized carbons (Fsp3) is 0.200. The first-order valence-electron chi connectivity index (χ1n) is 6.31. The van der Waals surface area contributed by atoms with Gasteiger partial charge in [0.15, 0.2) is 0 Å². The topological polar surface area (TPSA) is 43.1 Å². The molecule has 0 aromatic heterocycles. The highest BCUT2D eigenvalue weighted by Crippen LogP contribution is 2.57. The maximum atomic E-state index is 13.7. The largest absolute Gasteiger partial charge is 0.398 e. The lowest BCUT2D eigenvalue weighted by Crippen LogP contribution is -2.30. The van der Waals surface area contributed by atoms with Gasteiger partial charge in [0, 0.05) is 26.4 Å². The monoisotopic (exact) mass is 289 g/mol. The molecule has 98 valence electrons. The van der Waals surface area contributed by atoms with E-state index in [4.69, 9.17) is 5.73 Å². The summed E-state index contributed by atoms with van der Waals surface area (Å²) in [5, 5.41) is 1.81. The third-order valence-corrected chi connectivity index (χ3v) is 8.69. The van der Waals surface area contributed by atoms with Crippen LogP contribution in [-0.2, 0) is 4.57 Å². The molecule has 0 fully saturated rings. The molecule has 1 unspecified atom stereocenters. The lowest BCUT2D eigenvalue weighted by molar-refractivity contribution is 0.581. The summed E-state index contributed by atoms with van der Waals surface area (Å²) in [5.74, 6) is 0. The molecule has 2 aromatic rings. The summed E-state index contributed by atoms with van der Waals surface area (Å²) >= 11 is 1.66. The molecule has 0 bridgehead atoms. The van der Waals surface area contributed by atoms with E-state index in [9.17, 15) is 4.57 Å². The van der Waals surface area contributed by atoms with Crippen LogP contribution in [0.4, 0.5) is 5.69 Å². The molecule has 0 amide bonds. The first-order chi connectivity index (χ1) is 9.05. The van der Waals surface area contributed by atoms with Crippen molar-refractivity contribution in [3.8, 4) is 0 Å². The van der Waals surface area contributed by atoms with E-state index in [2.05, 4.69) is 0 Å². The van der Waals surface area contributed by atoms with Crippen molar-refractivity contribution >= 4 is 35.2 Å². The van der Waals surface area contributed by atoms with Crippen molar-refractivity contribution in [2.24, 2.45) is 0 Å². The Morgan fingerprint density at radius 3 is 2.47 bits per heavy atom. The van der Waals surface area contributed by atoms with Gasteiger partial charge in [-0.3, -0.25) is 0 Å². The highest BCUT2D eigenvalue weighted by atomic mass is 32.2. The number of nitrogen functional groups attached to an aromatic ring is 1. The predicted molar refractivity (Wildman–Crippen MR) is 83.4 cm³/mol. The minimum atomic E-state index is -2.65. The number of benzene rings is 2. The molecular weight excluding hydrogens is 273 g/mol. The van der Waals surface area contributed by atoms with Gasteiger partial charge in [0.1, 0.15) is 7.14 Å². The summed E-state index contributed by atoms with van der Waals surface area (Å²) in [5.41, 5.74) is 6.83. The third kappa shape index (κ3) is 1.76. The molecule has 4 heteroatoms. The first kappa shape index (κ1) is 12.8. The van der Waals surface area contributed by atoms with Crippen molar-refractivity contribution < 1.29 is 4.57 Å². The highest BCUT2D eigenvalue weighted by molar-refractivity contribution is 8.02. The molecule has 1 atom stereocenters. The third-order valence-electron chi connectivity index (χ3n) is 3.53. The van der Waals surface area contributed by atoms with Gasteiger partial charge < -0.3 is 10.3 Å². The Bertz CT molecular complexity index is 696. The zero-order valence-electron chi connectivity index (χ0n) is 11.0. The Morgan fingerprint density at radius 2 is 1.74 bits per heavy atom. The number of nitrogens with two attached hydrogens (primary N) is 1. The van der Waals surface area contributed by atoms with Gasteiger partial charge in [0.25, 0.3) is 0 Å². The maximum Gasteiger partial charge on any atom is 0.149 e. The van der Waals surface area contributed by atoms with Gasteiger partial charge in [-0.05, 0) is 18.2 Å². The van der Waals surface area contributed by atoms with E-state index in [1.165, 1.54) is 0 Å². The van der Waals surface area contributed by atoms with Gasteiger partial charge in [0.2, 0.25) is 0 Å². The van der Waals surface area contributed by atoms with Crippen LogP contribution >= 0.6 is 18.9 Å². The fourth-order valence-electron chi connectivity index (χ4n) is 2.57. The molecule has 0 aliphatic carbocycles. The van der Waals surface area contributed by atoms with Gasteiger partial charge in [-0.25, -0.2) is 0 Å². The summed E-state index contributed by atoms with van der Waals surface area (Å²) < 4.78 is 13.7. The van der Waals surface area contributed by atoms with Crippen LogP contribution in [0.1, 0.15) is 13.8 Å². The van der Waals surface area contributed by atoms with Crippen molar-refractivity contribution in [3.63, 3.8) is 0 Å². The Morgan fingerprint density at radius 1 is 1.05 bits per heavy atom. The SMILES string of the molecule is CC(C)P1(=O)c2ccccc2Sc2cccc(N)c21. The second kappa shape index (κ2) is 4.43. The number of fused-ring (bicyclic) bond motifs is 2. The van der Waals surface area contributed by atoms with Crippen LogP contribution in [0.15, 0.2) is 52.3 Å². The van der Waals surface area contributed by atoms with Gasteiger partial charge in [-0.2, -0.15) is 0 Å². The van der Waals surface area contributed by atoms with E-state index in [1.807, 2.05) is 56.3 Å². The fourth-order valence-corrected chi connectivity index (χ4v) is 7.46. The molecule has 2 aromatic carbocycles. The molecule has 2 N–H and O–H groups in total. The maximum absolute atomic E-state index is 13.7. The highest BCUT2D eigenvalue weighted by Gasteiger charge is 2.39. The van der Waals surface area contributed by atoms with Crippen LogP contribution in [0.2, 0.25) is 0 Å². The molecule has 1 heterocycles. The summed E-state index contributed by atoms with van der Waals surface area (Å²) in [6, 6.07) is 13.8. The second-order valence-corrected chi connectivity index (χ2v) is 9.38. The van der Waals surface area contributed by atoms with Gasteiger partial charge in [-0.1, -0.05) is 49.9 Å². The van der Waals surface area contributed by atoms with Crippen LogP contribution in [0.5, 0.6) is 0 Å². The number of anilines is 1. The van der Waals surface area contributed by atoms with Crippen molar-refractivity contribution in [1.29, 1.82) is 0 Å². The lowest BCUT2D eigenvalue weighted by Gasteiger charge is -2.31. The smallest absolute Gasteiger partial charge is 0.149 e. The van der Waals surface area contributed by atoms with E-state index in [0.717, 1.165) is 20.4 Å². The molecule has 0 radical (unpaired) electrons. The summed E-state index contributed by atoms with van der Waals surface area (Å²) in [6.45, 7) is 4.04. The minimum absolute atomic E-state index is 0.0537. The first-order valence-corrected chi connectivity index (χ1v) is 8.90. The molecule has 1 aliphatic heterocycles. The number of rotatable bonds is 1. The molecule has 0 saturated carbocycles. The van der Waals surface area contributed by atoms with E-state index in [0.29, 0.717) is 5.69 Å². The number of hydrogen-bond acceptors (Lipinski definition) is 3. The Labute approximate surface area is 117 Å². The van der Waals surface area contributed by atoms with Gasteiger partial charge in [0.05, 0.1) is 5.30 Å². The van der Waals surface area contributed by atoms with Gasteiger partial charge in [-0.15, -0.1) is 0 Å². The zero-order valence-corrected chi connectivity index (χ0v) is 12.7. The molecule has 3 rings (SSSR count).